The monoisotopic (exact) mass is 299 g/mol. The van der Waals surface area contributed by atoms with E-state index in [0.717, 1.165) is 30.7 Å². The van der Waals surface area contributed by atoms with Gasteiger partial charge in [-0.15, -0.1) is 0 Å². The van der Waals surface area contributed by atoms with Crippen LogP contribution < -0.4 is 0 Å². The van der Waals surface area contributed by atoms with Crippen molar-refractivity contribution in [1.29, 1.82) is 0 Å². The summed E-state index contributed by atoms with van der Waals surface area (Å²) in [5.74, 6) is 0.0524. The van der Waals surface area contributed by atoms with Gasteiger partial charge in [0, 0.05) is 6.54 Å². The number of hydrogen-bond acceptors (Lipinski definition) is 3. The number of furan rings is 1. The number of carbonyl (C=O) groups is 1. The molecule has 0 spiro atoms. The molecular formula is C18H21NO3. The van der Waals surface area contributed by atoms with Crippen LogP contribution in [0.5, 0.6) is 0 Å². The molecule has 1 aliphatic heterocycles. The molecule has 2 unspecified atom stereocenters. The van der Waals surface area contributed by atoms with Crippen LogP contribution in [0.2, 0.25) is 0 Å². The van der Waals surface area contributed by atoms with E-state index in [2.05, 4.69) is 31.2 Å². The summed E-state index contributed by atoms with van der Waals surface area (Å²) >= 11 is 0. The SMILES string of the molecule is CCc1ccc(C(c2ccco2)N2CCCC2C(=O)O)cc1. The summed E-state index contributed by atoms with van der Waals surface area (Å²) in [7, 11) is 0. The van der Waals surface area contributed by atoms with Gasteiger partial charge in [-0.25, -0.2) is 0 Å². The Morgan fingerprint density at radius 1 is 1.36 bits per heavy atom. The van der Waals surface area contributed by atoms with Gasteiger partial charge in [0.15, 0.2) is 0 Å². The van der Waals surface area contributed by atoms with Crippen LogP contribution >= 0.6 is 0 Å². The number of aryl methyl sites for hydroxylation is 1. The lowest BCUT2D eigenvalue weighted by atomic mass is 9.99. The highest BCUT2D eigenvalue weighted by Crippen LogP contribution is 2.35. The minimum atomic E-state index is -0.751. The van der Waals surface area contributed by atoms with Crippen LogP contribution in [-0.4, -0.2) is 28.6 Å². The fourth-order valence-electron chi connectivity index (χ4n) is 3.26. The Bertz CT molecular complexity index is 618. The number of nitrogens with zero attached hydrogens (tertiary/aromatic N) is 1. The first-order valence-electron chi connectivity index (χ1n) is 7.81. The smallest absolute Gasteiger partial charge is 0.320 e. The van der Waals surface area contributed by atoms with Gasteiger partial charge in [-0.3, -0.25) is 9.69 Å². The van der Waals surface area contributed by atoms with Crippen LogP contribution in [0.1, 0.15) is 42.7 Å². The minimum Gasteiger partial charge on any atom is -0.480 e. The van der Waals surface area contributed by atoms with E-state index >= 15 is 0 Å². The molecule has 1 saturated heterocycles. The highest BCUT2D eigenvalue weighted by atomic mass is 16.4. The molecule has 0 amide bonds. The molecule has 0 saturated carbocycles. The maximum Gasteiger partial charge on any atom is 0.320 e. The summed E-state index contributed by atoms with van der Waals surface area (Å²) < 4.78 is 5.61. The molecule has 2 heterocycles. The summed E-state index contributed by atoms with van der Waals surface area (Å²) in [4.78, 5) is 13.6. The predicted octanol–water partition coefficient (Wildman–Crippen LogP) is 3.48. The normalized spacial score (nSPS) is 20.1. The molecule has 3 rings (SSSR count). The van der Waals surface area contributed by atoms with Gasteiger partial charge in [-0.2, -0.15) is 0 Å². The number of rotatable bonds is 5. The van der Waals surface area contributed by atoms with Gasteiger partial charge >= 0.3 is 5.97 Å². The Labute approximate surface area is 130 Å². The number of carboxylic acids is 1. The van der Waals surface area contributed by atoms with Crippen molar-refractivity contribution in [3.8, 4) is 0 Å². The average molecular weight is 299 g/mol. The topological polar surface area (TPSA) is 53.7 Å². The summed E-state index contributed by atoms with van der Waals surface area (Å²) in [6.45, 7) is 2.90. The lowest BCUT2D eigenvalue weighted by Gasteiger charge is -2.30. The molecule has 1 fully saturated rings. The van der Waals surface area contributed by atoms with Crippen LogP contribution in [0, 0.1) is 0 Å². The van der Waals surface area contributed by atoms with Crippen molar-refractivity contribution in [3.05, 3.63) is 59.5 Å². The third kappa shape index (κ3) is 2.79. The zero-order chi connectivity index (χ0) is 15.5. The summed E-state index contributed by atoms with van der Waals surface area (Å²) in [5, 5.41) is 9.49. The van der Waals surface area contributed by atoms with Crippen molar-refractivity contribution >= 4 is 5.97 Å². The Hall–Kier alpha value is -2.07. The van der Waals surface area contributed by atoms with Crippen LogP contribution in [0.25, 0.3) is 0 Å². The van der Waals surface area contributed by atoms with Gasteiger partial charge in [-0.05, 0) is 42.5 Å². The maximum absolute atomic E-state index is 11.5. The quantitative estimate of drug-likeness (QED) is 0.918. The van der Waals surface area contributed by atoms with Crippen molar-refractivity contribution in [1.82, 2.24) is 4.90 Å². The first-order chi connectivity index (χ1) is 10.7. The molecule has 0 bridgehead atoms. The van der Waals surface area contributed by atoms with Crippen LogP contribution in [-0.2, 0) is 11.2 Å². The molecule has 2 aromatic rings. The number of benzene rings is 1. The van der Waals surface area contributed by atoms with Crippen LogP contribution in [0.15, 0.2) is 47.1 Å². The Morgan fingerprint density at radius 2 is 2.14 bits per heavy atom. The van der Waals surface area contributed by atoms with Crippen molar-refractivity contribution in [2.75, 3.05) is 6.54 Å². The number of carboxylic acid groups (broad SMARTS) is 1. The van der Waals surface area contributed by atoms with E-state index in [1.165, 1.54) is 5.56 Å². The third-order valence-electron chi connectivity index (χ3n) is 4.43. The van der Waals surface area contributed by atoms with E-state index in [1.54, 1.807) is 6.26 Å². The summed E-state index contributed by atoms with van der Waals surface area (Å²) in [6.07, 6.45) is 4.24. The zero-order valence-corrected chi connectivity index (χ0v) is 12.7. The lowest BCUT2D eigenvalue weighted by Crippen LogP contribution is -2.39. The fourth-order valence-corrected chi connectivity index (χ4v) is 3.26. The van der Waals surface area contributed by atoms with Gasteiger partial charge < -0.3 is 9.52 Å². The van der Waals surface area contributed by atoms with Gasteiger partial charge in [0.1, 0.15) is 11.8 Å². The van der Waals surface area contributed by atoms with Crippen molar-refractivity contribution in [3.63, 3.8) is 0 Å². The Kier molecular flexibility index (Phi) is 4.29. The molecule has 116 valence electrons. The van der Waals surface area contributed by atoms with Gasteiger partial charge in [0.2, 0.25) is 0 Å². The molecule has 1 aromatic heterocycles. The molecule has 4 nitrogen and oxygen atoms in total. The van der Waals surface area contributed by atoms with E-state index in [4.69, 9.17) is 4.42 Å². The highest BCUT2D eigenvalue weighted by molar-refractivity contribution is 5.74. The van der Waals surface area contributed by atoms with Crippen LogP contribution in [0.3, 0.4) is 0 Å². The first-order valence-corrected chi connectivity index (χ1v) is 7.81. The maximum atomic E-state index is 11.5. The van der Waals surface area contributed by atoms with E-state index in [0.29, 0.717) is 6.42 Å². The second kappa shape index (κ2) is 6.36. The lowest BCUT2D eigenvalue weighted by molar-refractivity contribution is -0.142. The van der Waals surface area contributed by atoms with E-state index in [9.17, 15) is 9.90 Å². The van der Waals surface area contributed by atoms with Crippen molar-refractivity contribution in [2.45, 2.75) is 38.3 Å². The van der Waals surface area contributed by atoms with Crippen molar-refractivity contribution in [2.24, 2.45) is 0 Å². The fraction of sp³-hybridized carbons (Fsp3) is 0.389. The molecule has 0 radical (unpaired) electrons. The second-order valence-corrected chi connectivity index (χ2v) is 5.75. The van der Waals surface area contributed by atoms with Gasteiger partial charge in [-0.1, -0.05) is 31.2 Å². The third-order valence-corrected chi connectivity index (χ3v) is 4.43. The first kappa shape index (κ1) is 14.9. The summed E-state index contributed by atoms with van der Waals surface area (Å²) in [6, 6.07) is 11.6. The molecule has 0 aliphatic carbocycles. The zero-order valence-electron chi connectivity index (χ0n) is 12.7. The van der Waals surface area contributed by atoms with Gasteiger partial charge in [0.05, 0.1) is 12.3 Å². The summed E-state index contributed by atoms with van der Waals surface area (Å²) in [5.41, 5.74) is 2.36. The highest BCUT2D eigenvalue weighted by Gasteiger charge is 2.37. The molecule has 1 aliphatic rings. The van der Waals surface area contributed by atoms with E-state index < -0.39 is 12.0 Å². The Morgan fingerprint density at radius 3 is 2.73 bits per heavy atom. The standard InChI is InChI=1S/C18H21NO3/c1-2-13-7-9-14(10-8-13)17(16-6-4-12-22-16)19-11-3-5-15(19)18(20)21/h4,6-10,12,15,17H,2-3,5,11H2,1H3,(H,20,21). The molecule has 1 aromatic carbocycles. The molecule has 1 N–H and O–H groups in total. The minimum absolute atomic E-state index is 0.135. The molecule has 2 atom stereocenters. The average Bonchev–Trinajstić information content (AvgIpc) is 3.20. The predicted molar refractivity (Wildman–Crippen MR) is 83.7 cm³/mol. The molecule has 22 heavy (non-hydrogen) atoms. The second-order valence-electron chi connectivity index (χ2n) is 5.75. The van der Waals surface area contributed by atoms with Crippen LogP contribution in [0.4, 0.5) is 0 Å². The van der Waals surface area contributed by atoms with E-state index in [-0.39, 0.29) is 6.04 Å². The Balaban J connectivity index is 1.98. The molecular weight excluding hydrogens is 278 g/mol. The van der Waals surface area contributed by atoms with E-state index in [1.807, 2.05) is 17.0 Å². The molecule has 4 heteroatoms. The largest absolute Gasteiger partial charge is 0.480 e. The van der Waals surface area contributed by atoms with Crippen molar-refractivity contribution < 1.29 is 14.3 Å². The van der Waals surface area contributed by atoms with Gasteiger partial charge in [0.25, 0.3) is 0 Å². The number of likely N-dealkylation sites (tertiary alicyclic amines) is 1. The number of aliphatic carboxylic acids is 1. The number of hydrogen-bond donors (Lipinski definition) is 1.